The lowest BCUT2D eigenvalue weighted by Gasteiger charge is -2.18. The summed E-state index contributed by atoms with van der Waals surface area (Å²) in [6.45, 7) is 2.10. The van der Waals surface area contributed by atoms with Gasteiger partial charge in [-0.1, -0.05) is 13.0 Å². The van der Waals surface area contributed by atoms with Crippen molar-refractivity contribution in [2.75, 3.05) is 7.11 Å². The van der Waals surface area contributed by atoms with Gasteiger partial charge in [0.25, 0.3) is 0 Å². The molecule has 1 aromatic rings. The van der Waals surface area contributed by atoms with Crippen LogP contribution in [0.4, 0.5) is 4.39 Å². The molecule has 2 atom stereocenters. The Bertz CT molecular complexity index is 376. The Balaban J connectivity index is 2.18. The van der Waals surface area contributed by atoms with Crippen LogP contribution in [0.25, 0.3) is 0 Å². The van der Waals surface area contributed by atoms with Crippen LogP contribution in [-0.4, -0.2) is 7.11 Å². The largest absolute Gasteiger partial charge is 0.497 e. The van der Waals surface area contributed by atoms with E-state index >= 15 is 0 Å². The maximum atomic E-state index is 13.8. The van der Waals surface area contributed by atoms with Crippen LogP contribution < -0.4 is 4.74 Å². The van der Waals surface area contributed by atoms with Gasteiger partial charge in [0, 0.05) is 11.6 Å². The quantitative estimate of drug-likeness (QED) is 0.721. The van der Waals surface area contributed by atoms with Crippen LogP contribution in [0.15, 0.2) is 18.2 Å². The third-order valence-electron chi connectivity index (χ3n) is 3.33. The third kappa shape index (κ3) is 2.32. The van der Waals surface area contributed by atoms with Gasteiger partial charge in [-0.3, -0.25) is 0 Å². The smallest absolute Gasteiger partial charge is 0.131 e. The van der Waals surface area contributed by atoms with E-state index in [4.69, 9.17) is 16.3 Å². The SMILES string of the molecule is COc1ccc(C(Cl)C(C)C2CC2)c(F)c1. The Morgan fingerprint density at radius 1 is 1.44 bits per heavy atom. The molecular weight excluding hydrogens is 227 g/mol. The average molecular weight is 243 g/mol. The molecule has 88 valence electrons. The highest BCUT2D eigenvalue weighted by Crippen LogP contribution is 2.45. The summed E-state index contributed by atoms with van der Waals surface area (Å²) in [4.78, 5) is 0. The summed E-state index contributed by atoms with van der Waals surface area (Å²) < 4.78 is 18.7. The van der Waals surface area contributed by atoms with Gasteiger partial charge in [-0.2, -0.15) is 0 Å². The number of ether oxygens (including phenoxy) is 1. The summed E-state index contributed by atoms with van der Waals surface area (Å²) >= 11 is 6.31. The molecule has 0 radical (unpaired) electrons. The van der Waals surface area contributed by atoms with E-state index in [0.29, 0.717) is 23.1 Å². The van der Waals surface area contributed by atoms with Crippen LogP contribution in [0.3, 0.4) is 0 Å². The molecule has 16 heavy (non-hydrogen) atoms. The molecule has 1 aromatic carbocycles. The lowest BCUT2D eigenvalue weighted by molar-refractivity contribution is 0.409. The second-order valence-electron chi connectivity index (χ2n) is 4.49. The number of hydrogen-bond donors (Lipinski definition) is 0. The highest BCUT2D eigenvalue weighted by Gasteiger charge is 2.34. The van der Waals surface area contributed by atoms with Crippen molar-refractivity contribution >= 4 is 11.6 Å². The summed E-state index contributed by atoms with van der Waals surface area (Å²) in [5.74, 6) is 1.27. The fraction of sp³-hybridized carbons (Fsp3) is 0.538. The zero-order chi connectivity index (χ0) is 11.7. The van der Waals surface area contributed by atoms with Gasteiger partial charge in [0.15, 0.2) is 0 Å². The molecule has 0 aromatic heterocycles. The molecule has 1 aliphatic rings. The minimum Gasteiger partial charge on any atom is -0.497 e. The minimum absolute atomic E-state index is 0.238. The van der Waals surface area contributed by atoms with Crippen molar-refractivity contribution in [3.05, 3.63) is 29.6 Å². The summed E-state index contributed by atoms with van der Waals surface area (Å²) in [7, 11) is 1.53. The van der Waals surface area contributed by atoms with Crippen molar-refractivity contribution in [3.63, 3.8) is 0 Å². The Labute approximate surface area is 101 Å². The first kappa shape index (κ1) is 11.7. The van der Waals surface area contributed by atoms with Crippen LogP contribution in [0.1, 0.15) is 30.7 Å². The standard InChI is InChI=1S/C13H16ClFO/c1-8(9-3-4-9)13(14)11-6-5-10(16-2)7-12(11)15/h5-9,13H,3-4H2,1-2H3. The van der Waals surface area contributed by atoms with Gasteiger partial charge in [0.1, 0.15) is 11.6 Å². The lowest BCUT2D eigenvalue weighted by atomic mass is 9.95. The minimum atomic E-state index is -0.271. The van der Waals surface area contributed by atoms with Crippen molar-refractivity contribution in [1.29, 1.82) is 0 Å². The van der Waals surface area contributed by atoms with Crippen LogP contribution in [-0.2, 0) is 0 Å². The first-order valence-electron chi connectivity index (χ1n) is 5.61. The maximum absolute atomic E-state index is 13.8. The summed E-state index contributed by atoms with van der Waals surface area (Å²) in [5, 5.41) is -0.238. The van der Waals surface area contributed by atoms with E-state index in [-0.39, 0.29) is 11.2 Å². The van der Waals surface area contributed by atoms with Gasteiger partial charge in [-0.05, 0) is 30.7 Å². The van der Waals surface area contributed by atoms with Crippen LogP contribution in [0.2, 0.25) is 0 Å². The fourth-order valence-corrected chi connectivity index (χ4v) is 2.39. The number of halogens is 2. The number of methoxy groups -OCH3 is 1. The molecule has 1 nitrogen and oxygen atoms in total. The van der Waals surface area contributed by atoms with Gasteiger partial charge < -0.3 is 4.74 Å². The molecule has 0 bridgehead atoms. The van der Waals surface area contributed by atoms with Gasteiger partial charge in [-0.25, -0.2) is 4.39 Å². The number of rotatable bonds is 4. The monoisotopic (exact) mass is 242 g/mol. The molecular formula is C13H16ClFO. The van der Waals surface area contributed by atoms with Crippen molar-refractivity contribution in [2.45, 2.75) is 25.1 Å². The Morgan fingerprint density at radius 3 is 2.62 bits per heavy atom. The zero-order valence-corrected chi connectivity index (χ0v) is 10.3. The fourth-order valence-electron chi connectivity index (χ4n) is 2.00. The van der Waals surface area contributed by atoms with E-state index in [1.807, 2.05) is 0 Å². The maximum Gasteiger partial charge on any atom is 0.131 e. The van der Waals surface area contributed by atoms with Crippen molar-refractivity contribution < 1.29 is 9.13 Å². The topological polar surface area (TPSA) is 9.23 Å². The van der Waals surface area contributed by atoms with Gasteiger partial charge >= 0.3 is 0 Å². The number of alkyl halides is 1. The normalized spacial score (nSPS) is 19.2. The molecule has 2 rings (SSSR count). The second-order valence-corrected chi connectivity index (χ2v) is 4.96. The third-order valence-corrected chi connectivity index (χ3v) is 3.96. The summed E-state index contributed by atoms with van der Waals surface area (Å²) in [5.41, 5.74) is 0.585. The molecule has 3 heteroatoms. The van der Waals surface area contributed by atoms with Crippen molar-refractivity contribution in [3.8, 4) is 5.75 Å². The van der Waals surface area contributed by atoms with Gasteiger partial charge in [-0.15, -0.1) is 11.6 Å². The molecule has 1 aliphatic carbocycles. The zero-order valence-electron chi connectivity index (χ0n) is 9.54. The Hall–Kier alpha value is -0.760. The molecule has 0 aliphatic heterocycles. The van der Waals surface area contributed by atoms with Gasteiger partial charge in [0.2, 0.25) is 0 Å². The van der Waals surface area contributed by atoms with Crippen LogP contribution >= 0.6 is 11.6 Å². The van der Waals surface area contributed by atoms with Crippen molar-refractivity contribution in [1.82, 2.24) is 0 Å². The molecule has 0 saturated heterocycles. The van der Waals surface area contributed by atoms with Crippen molar-refractivity contribution in [2.24, 2.45) is 11.8 Å². The molecule has 1 saturated carbocycles. The predicted molar refractivity (Wildman–Crippen MR) is 63.4 cm³/mol. The molecule has 0 N–H and O–H groups in total. The molecule has 0 amide bonds. The van der Waals surface area contributed by atoms with Crippen LogP contribution in [0, 0.1) is 17.7 Å². The van der Waals surface area contributed by atoms with Gasteiger partial charge in [0.05, 0.1) is 12.5 Å². The first-order valence-corrected chi connectivity index (χ1v) is 6.04. The Morgan fingerprint density at radius 2 is 2.12 bits per heavy atom. The average Bonchev–Trinajstić information content (AvgIpc) is 3.10. The van der Waals surface area contributed by atoms with E-state index < -0.39 is 0 Å². The van der Waals surface area contributed by atoms with E-state index in [1.54, 1.807) is 12.1 Å². The first-order chi connectivity index (χ1) is 7.63. The molecule has 0 heterocycles. The highest BCUT2D eigenvalue weighted by molar-refractivity contribution is 6.21. The molecule has 0 spiro atoms. The number of benzene rings is 1. The molecule has 1 fully saturated rings. The molecule has 2 unspecified atom stereocenters. The van der Waals surface area contributed by atoms with E-state index in [0.717, 1.165) is 0 Å². The summed E-state index contributed by atoms with van der Waals surface area (Å²) in [6, 6.07) is 4.88. The van der Waals surface area contributed by atoms with E-state index in [2.05, 4.69) is 6.92 Å². The van der Waals surface area contributed by atoms with Crippen LogP contribution in [0.5, 0.6) is 5.75 Å². The highest BCUT2D eigenvalue weighted by atomic mass is 35.5. The lowest BCUT2D eigenvalue weighted by Crippen LogP contribution is -2.08. The van der Waals surface area contributed by atoms with E-state index in [9.17, 15) is 4.39 Å². The predicted octanol–water partition coefficient (Wildman–Crippen LogP) is 4.16. The van der Waals surface area contributed by atoms with E-state index in [1.165, 1.54) is 26.0 Å². The Kier molecular flexibility index (Phi) is 3.38. The summed E-state index contributed by atoms with van der Waals surface area (Å²) in [6.07, 6.45) is 2.45. The second kappa shape index (κ2) is 4.62. The number of hydrogen-bond acceptors (Lipinski definition) is 1.